The van der Waals surface area contributed by atoms with E-state index in [0.29, 0.717) is 25.7 Å². The number of carbonyl (C=O) groups is 1. The maximum atomic E-state index is 12.6. The SMILES string of the molecule is C#CCCC1(O)CC2CCCC(C1)N2C(=O)OCc1ccccc1. The number of nitrogens with zero attached hydrogens (tertiary/aromatic N) is 1. The summed E-state index contributed by atoms with van der Waals surface area (Å²) in [6.45, 7) is 0.289. The minimum absolute atomic E-state index is 0.0588. The van der Waals surface area contributed by atoms with Crippen LogP contribution in [-0.4, -0.2) is 33.8 Å². The van der Waals surface area contributed by atoms with Gasteiger partial charge in [0.05, 0.1) is 5.60 Å². The quantitative estimate of drug-likeness (QED) is 0.861. The molecule has 1 aromatic carbocycles. The number of benzene rings is 1. The molecule has 4 nitrogen and oxygen atoms in total. The van der Waals surface area contributed by atoms with Crippen LogP contribution in [0, 0.1) is 12.3 Å². The van der Waals surface area contributed by atoms with Gasteiger partial charge in [-0.2, -0.15) is 0 Å². The average molecular weight is 327 g/mol. The van der Waals surface area contributed by atoms with Crippen molar-refractivity contribution in [3.8, 4) is 12.3 Å². The van der Waals surface area contributed by atoms with Gasteiger partial charge in [-0.15, -0.1) is 12.3 Å². The van der Waals surface area contributed by atoms with Gasteiger partial charge in [-0.25, -0.2) is 4.79 Å². The molecule has 2 heterocycles. The number of ether oxygens (including phenoxy) is 1. The highest BCUT2D eigenvalue weighted by molar-refractivity contribution is 5.69. The molecule has 2 atom stereocenters. The first-order valence-corrected chi connectivity index (χ1v) is 8.76. The van der Waals surface area contributed by atoms with E-state index in [0.717, 1.165) is 24.8 Å². The zero-order valence-electron chi connectivity index (χ0n) is 14.0. The van der Waals surface area contributed by atoms with E-state index in [1.54, 1.807) is 0 Å². The summed E-state index contributed by atoms with van der Waals surface area (Å²) in [5, 5.41) is 10.8. The predicted octanol–water partition coefficient (Wildman–Crippen LogP) is 3.48. The maximum Gasteiger partial charge on any atom is 0.410 e. The Hall–Kier alpha value is -1.99. The van der Waals surface area contributed by atoms with Crippen molar-refractivity contribution in [1.29, 1.82) is 0 Å². The molecule has 0 spiro atoms. The average Bonchev–Trinajstić information content (AvgIpc) is 2.58. The number of fused-ring (bicyclic) bond motifs is 2. The van der Waals surface area contributed by atoms with Crippen molar-refractivity contribution in [2.75, 3.05) is 0 Å². The van der Waals surface area contributed by atoms with Crippen molar-refractivity contribution in [3.63, 3.8) is 0 Å². The molecule has 2 fully saturated rings. The second-order valence-corrected chi connectivity index (χ2v) is 7.02. The van der Waals surface area contributed by atoms with Gasteiger partial charge in [0, 0.05) is 18.5 Å². The maximum absolute atomic E-state index is 12.6. The summed E-state index contributed by atoms with van der Waals surface area (Å²) in [7, 11) is 0. The first kappa shape index (κ1) is 16.9. The molecule has 128 valence electrons. The molecule has 0 radical (unpaired) electrons. The third-order valence-electron chi connectivity index (χ3n) is 5.24. The van der Waals surface area contributed by atoms with Gasteiger partial charge in [-0.3, -0.25) is 0 Å². The molecule has 1 amide bonds. The molecular weight excluding hydrogens is 302 g/mol. The van der Waals surface area contributed by atoms with Gasteiger partial charge >= 0.3 is 6.09 Å². The van der Waals surface area contributed by atoms with Gasteiger partial charge in [0.15, 0.2) is 0 Å². The molecule has 2 aliphatic rings. The van der Waals surface area contributed by atoms with E-state index in [9.17, 15) is 9.90 Å². The summed E-state index contributed by atoms with van der Waals surface area (Å²) in [6, 6.07) is 9.82. The fraction of sp³-hybridized carbons (Fsp3) is 0.550. The number of piperidine rings is 2. The Bertz CT molecular complexity index is 593. The van der Waals surface area contributed by atoms with Crippen LogP contribution in [0.1, 0.15) is 50.5 Å². The van der Waals surface area contributed by atoms with Crippen LogP contribution in [0.15, 0.2) is 30.3 Å². The van der Waals surface area contributed by atoms with Crippen LogP contribution < -0.4 is 0 Å². The summed E-state index contributed by atoms with van der Waals surface area (Å²) >= 11 is 0. The molecule has 2 aliphatic heterocycles. The summed E-state index contributed by atoms with van der Waals surface area (Å²) in [5.74, 6) is 2.61. The van der Waals surface area contributed by atoms with Crippen molar-refractivity contribution in [2.45, 2.75) is 69.2 Å². The minimum Gasteiger partial charge on any atom is -0.445 e. The summed E-state index contributed by atoms with van der Waals surface area (Å²) in [5.41, 5.74) is 0.247. The fourth-order valence-corrected chi connectivity index (χ4v) is 4.13. The Morgan fingerprint density at radius 1 is 1.29 bits per heavy atom. The number of amides is 1. The Balaban J connectivity index is 1.63. The smallest absolute Gasteiger partial charge is 0.410 e. The van der Waals surface area contributed by atoms with E-state index >= 15 is 0 Å². The lowest BCUT2D eigenvalue weighted by Gasteiger charge is -2.51. The number of terminal acetylenes is 1. The number of aliphatic hydroxyl groups is 1. The topological polar surface area (TPSA) is 49.8 Å². The van der Waals surface area contributed by atoms with Crippen molar-refractivity contribution >= 4 is 6.09 Å². The van der Waals surface area contributed by atoms with Crippen molar-refractivity contribution < 1.29 is 14.6 Å². The summed E-state index contributed by atoms with van der Waals surface area (Å²) < 4.78 is 5.53. The lowest BCUT2D eigenvalue weighted by atomic mass is 9.74. The molecule has 1 N–H and O–H groups in total. The predicted molar refractivity (Wildman–Crippen MR) is 92.1 cm³/mol. The molecule has 2 unspecified atom stereocenters. The molecule has 0 aromatic heterocycles. The van der Waals surface area contributed by atoms with E-state index in [-0.39, 0.29) is 24.8 Å². The van der Waals surface area contributed by atoms with Crippen LogP contribution in [-0.2, 0) is 11.3 Å². The molecule has 2 saturated heterocycles. The third-order valence-corrected chi connectivity index (χ3v) is 5.24. The van der Waals surface area contributed by atoms with Crippen molar-refractivity contribution in [2.24, 2.45) is 0 Å². The van der Waals surface area contributed by atoms with Gasteiger partial charge in [-0.1, -0.05) is 30.3 Å². The van der Waals surface area contributed by atoms with Crippen LogP contribution in [0.2, 0.25) is 0 Å². The van der Waals surface area contributed by atoms with Gasteiger partial charge in [0.1, 0.15) is 6.61 Å². The van der Waals surface area contributed by atoms with Crippen LogP contribution in [0.25, 0.3) is 0 Å². The van der Waals surface area contributed by atoms with Crippen LogP contribution in [0.5, 0.6) is 0 Å². The zero-order valence-corrected chi connectivity index (χ0v) is 14.0. The summed E-state index contributed by atoms with van der Waals surface area (Å²) in [4.78, 5) is 14.5. The molecular formula is C20H25NO3. The Morgan fingerprint density at radius 2 is 1.96 bits per heavy atom. The number of hydrogen-bond donors (Lipinski definition) is 1. The monoisotopic (exact) mass is 327 g/mol. The molecule has 0 saturated carbocycles. The van der Waals surface area contributed by atoms with E-state index in [1.807, 2.05) is 35.2 Å². The number of hydrogen-bond acceptors (Lipinski definition) is 3. The van der Waals surface area contributed by atoms with Gasteiger partial charge < -0.3 is 14.7 Å². The second-order valence-electron chi connectivity index (χ2n) is 7.02. The standard InChI is InChI=1S/C20H25NO3/c1-2-3-12-20(23)13-17-10-7-11-18(14-20)21(17)19(22)24-15-16-8-5-4-6-9-16/h1,4-6,8-9,17-18,23H,3,7,10-15H2. The van der Waals surface area contributed by atoms with Crippen molar-refractivity contribution in [3.05, 3.63) is 35.9 Å². The van der Waals surface area contributed by atoms with Gasteiger partial charge in [-0.05, 0) is 44.1 Å². The minimum atomic E-state index is -0.738. The van der Waals surface area contributed by atoms with E-state index in [4.69, 9.17) is 11.2 Å². The highest BCUT2D eigenvalue weighted by Crippen LogP contribution is 2.41. The van der Waals surface area contributed by atoms with Gasteiger partial charge in [0.25, 0.3) is 0 Å². The lowest BCUT2D eigenvalue weighted by Crippen LogP contribution is -2.59. The first-order valence-electron chi connectivity index (χ1n) is 8.76. The van der Waals surface area contributed by atoms with Crippen LogP contribution >= 0.6 is 0 Å². The lowest BCUT2D eigenvalue weighted by molar-refractivity contribution is -0.0882. The molecule has 24 heavy (non-hydrogen) atoms. The van der Waals surface area contributed by atoms with Crippen molar-refractivity contribution in [1.82, 2.24) is 4.90 Å². The van der Waals surface area contributed by atoms with E-state index in [1.165, 1.54) is 0 Å². The second kappa shape index (κ2) is 7.27. The molecule has 2 bridgehead atoms. The summed E-state index contributed by atoms with van der Waals surface area (Å²) in [6.07, 6.45) is 10.4. The highest BCUT2D eigenvalue weighted by atomic mass is 16.6. The molecule has 1 aromatic rings. The largest absolute Gasteiger partial charge is 0.445 e. The normalized spacial score (nSPS) is 28.9. The first-order chi connectivity index (χ1) is 11.6. The van der Waals surface area contributed by atoms with E-state index in [2.05, 4.69) is 5.92 Å². The Kier molecular flexibility index (Phi) is 5.11. The molecule has 0 aliphatic carbocycles. The number of rotatable bonds is 4. The third kappa shape index (κ3) is 3.73. The Labute approximate surface area is 143 Å². The zero-order chi connectivity index (χ0) is 17.0. The Morgan fingerprint density at radius 3 is 2.58 bits per heavy atom. The molecule has 3 rings (SSSR count). The highest BCUT2D eigenvalue weighted by Gasteiger charge is 2.47. The number of carbonyl (C=O) groups excluding carboxylic acids is 1. The fourth-order valence-electron chi connectivity index (χ4n) is 4.13. The van der Waals surface area contributed by atoms with Crippen LogP contribution in [0.3, 0.4) is 0 Å². The van der Waals surface area contributed by atoms with Gasteiger partial charge in [0.2, 0.25) is 0 Å². The van der Waals surface area contributed by atoms with Crippen LogP contribution in [0.4, 0.5) is 4.79 Å². The van der Waals surface area contributed by atoms with E-state index < -0.39 is 5.60 Å². The molecule has 4 heteroatoms.